The second kappa shape index (κ2) is 6.51. The van der Waals surface area contributed by atoms with Gasteiger partial charge in [0.2, 0.25) is 0 Å². The summed E-state index contributed by atoms with van der Waals surface area (Å²) in [5.41, 5.74) is 4.74. The van der Waals surface area contributed by atoms with Gasteiger partial charge in [0.15, 0.2) is 11.4 Å². The molecule has 2 N–H and O–H groups in total. The molecule has 1 fully saturated rings. The van der Waals surface area contributed by atoms with Gasteiger partial charge in [0, 0.05) is 25.5 Å². The molecule has 2 rings (SSSR count). The summed E-state index contributed by atoms with van der Waals surface area (Å²) in [6.07, 6.45) is -1.24. The van der Waals surface area contributed by atoms with Gasteiger partial charge in [0.25, 0.3) is 11.8 Å². The molecule has 0 saturated heterocycles. The van der Waals surface area contributed by atoms with Gasteiger partial charge < -0.3 is 10.6 Å². The zero-order chi connectivity index (χ0) is 17.2. The van der Waals surface area contributed by atoms with E-state index in [0.29, 0.717) is 0 Å². The van der Waals surface area contributed by atoms with E-state index in [2.05, 4.69) is 9.97 Å². The van der Waals surface area contributed by atoms with Crippen LogP contribution >= 0.6 is 0 Å². The topological polar surface area (TPSA) is 89.2 Å². The predicted molar refractivity (Wildman–Crippen MR) is 74.4 cm³/mol. The fourth-order valence-corrected chi connectivity index (χ4v) is 2.80. The fraction of sp³-hybridized carbons (Fsp3) is 0.571. The van der Waals surface area contributed by atoms with Gasteiger partial charge in [0.1, 0.15) is 0 Å². The third-order valence-electron chi connectivity index (χ3n) is 4.16. The number of carbonyl (C=O) groups excluding carboxylic acids is 2. The first-order valence-corrected chi connectivity index (χ1v) is 7.16. The Hall–Kier alpha value is -2.19. The van der Waals surface area contributed by atoms with Crippen LogP contribution in [0.15, 0.2) is 12.4 Å². The van der Waals surface area contributed by atoms with Gasteiger partial charge in [0.05, 0.1) is 5.92 Å². The summed E-state index contributed by atoms with van der Waals surface area (Å²) in [7, 11) is 1.49. The highest BCUT2D eigenvalue weighted by atomic mass is 19.4. The van der Waals surface area contributed by atoms with Gasteiger partial charge in [-0.2, -0.15) is 13.2 Å². The number of alkyl halides is 3. The van der Waals surface area contributed by atoms with Gasteiger partial charge >= 0.3 is 6.18 Å². The number of nitrogens with zero attached hydrogens (tertiary/aromatic N) is 3. The number of aromatic nitrogens is 2. The summed E-state index contributed by atoms with van der Waals surface area (Å²) in [6, 6.07) is -0.330. The van der Waals surface area contributed by atoms with Crippen molar-refractivity contribution in [3.8, 4) is 0 Å². The van der Waals surface area contributed by atoms with E-state index in [1.54, 1.807) is 0 Å². The summed E-state index contributed by atoms with van der Waals surface area (Å²) < 4.78 is 38.1. The maximum atomic E-state index is 12.7. The number of halogens is 3. The van der Waals surface area contributed by atoms with Crippen molar-refractivity contribution in [2.24, 2.45) is 11.7 Å². The van der Waals surface area contributed by atoms with Crippen LogP contribution in [0.1, 0.15) is 46.7 Å². The molecule has 6 nitrogen and oxygen atoms in total. The Bertz CT molecular complexity index is 598. The van der Waals surface area contributed by atoms with E-state index < -0.39 is 23.9 Å². The molecule has 1 aromatic rings. The predicted octanol–water partition coefficient (Wildman–Crippen LogP) is 1.77. The first kappa shape index (κ1) is 17.2. The van der Waals surface area contributed by atoms with Gasteiger partial charge in [-0.1, -0.05) is 0 Å². The Balaban J connectivity index is 2.09. The molecular formula is C14H17F3N4O2. The van der Waals surface area contributed by atoms with Crippen LogP contribution in [0.25, 0.3) is 0 Å². The summed E-state index contributed by atoms with van der Waals surface area (Å²) >= 11 is 0. The highest BCUT2D eigenvalue weighted by Gasteiger charge is 2.42. The average Bonchev–Trinajstić information content (AvgIpc) is 2.52. The number of carbonyl (C=O) groups is 2. The maximum absolute atomic E-state index is 12.7. The molecule has 1 aliphatic carbocycles. The molecule has 1 saturated carbocycles. The van der Waals surface area contributed by atoms with Crippen LogP contribution in [-0.2, 0) is 0 Å². The van der Waals surface area contributed by atoms with Gasteiger partial charge in [-0.05, 0) is 25.7 Å². The smallest absolute Gasteiger partial charge is 0.364 e. The van der Waals surface area contributed by atoms with Crippen LogP contribution in [0.3, 0.4) is 0 Å². The summed E-state index contributed by atoms with van der Waals surface area (Å²) in [6.45, 7) is 0. The lowest BCUT2D eigenvalue weighted by Gasteiger charge is -2.35. The second-order valence-electron chi connectivity index (χ2n) is 5.58. The van der Waals surface area contributed by atoms with Gasteiger partial charge in [-0.15, -0.1) is 0 Å². The van der Waals surface area contributed by atoms with E-state index in [1.165, 1.54) is 24.3 Å². The summed E-state index contributed by atoms with van der Waals surface area (Å²) in [4.78, 5) is 32.6. The minimum Gasteiger partial charge on any atom is -0.364 e. The monoisotopic (exact) mass is 330 g/mol. The first-order chi connectivity index (χ1) is 10.7. The number of hydrogen-bond donors (Lipinski definition) is 1. The Morgan fingerprint density at radius 1 is 1.13 bits per heavy atom. The summed E-state index contributed by atoms with van der Waals surface area (Å²) in [5, 5.41) is 0. The highest BCUT2D eigenvalue weighted by Crippen LogP contribution is 2.38. The molecule has 126 valence electrons. The summed E-state index contributed by atoms with van der Waals surface area (Å²) in [5.74, 6) is -2.77. The van der Waals surface area contributed by atoms with E-state index in [0.717, 1.165) is 0 Å². The van der Waals surface area contributed by atoms with Crippen molar-refractivity contribution in [1.29, 1.82) is 0 Å². The molecular weight excluding hydrogens is 313 g/mol. The van der Waals surface area contributed by atoms with E-state index >= 15 is 0 Å². The highest BCUT2D eigenvalue weighted by molar-refractivity contribution is 6.03. The molecule has 0 unspecified atom stereocenters. The van der Waals surface area contributed by atoms with Crippen molar-refractivity contribution in [2.75, 3.05) is 7.05 Å². The Labute approximate surface area is 130 Å². The van der Waals surface area contributed by atoms with Crippen molar-refractivity contribution in [3.63, 3.8) is 0 Å². The van der Waals surface area contributed by atoms with Crippen molar-refractivity contribution in [3.05, 3.63) is 23.8 Å². The third-order valence-corrected chi connectivity index (χ3v) is 4.16. The molecule has 9 heteroatoms. The van der Waals surface area contributed by atoms with E-state index in [9.17, 15) is 22.8 Å². The van der Waals surface area contributed by atoms with Crippen molar-refractivity contribution < 1.29 is 22.8 Å². The number of hydrogen-bond acceptors (Lipinski definition) is 4. The molecule has 0 spiro atoms. The SMILES string of the molecule is CN(C(=O)c1nccnc1C(N)=O)C1CCC(C(F)(F)F)CC1. The van der Waals surface area contributed by atoms with Crippen LogP contribution in [-0.4, -0.2) is 45.9 Å². The van der Waals surface area contributed by atoms with Crippen molar-refractivity contribution in [1.82, 2.24) is 14.9 Å². The molecule has 1 aromatic heterocycles. The van der Waals surface area contributed by atoms with Crippen LogP contribution < -0.4 is 5.73 Å². The number of nitrogens with two attached hydrogens (primary N) is 1. The molecule has 0 radical (unpaired) electrons. The number of amides is 2. The molecule has 0 atom stereocenters. The van der Waals surface area contributed by atoms with E-state index in [-0.39, 0.29) is 43.1 Å². The lowest BCUT2D eigenvalue weighted by Crippen LogP contribution is -2.42. The van der Waals surface area contributed by atoms with E-state index in [4.69, 9.17) is 5.73 Å². The molecule has 2 amide bonds. The average molecular weight is 330 g/mol. The first-order valence-electron chi connectivity index (χ1n) is 7.16. The Kier molecular flexibility index (Phi) is 4.86. The molecule has 23 heavy (non-hydrogen) atoms. The largest absolute Gasteiger partial charge is 0.391 e. The van der Waals surface area contributed by atoms with Crippen LogP contribution in [0, 0.1) is 5.92 Å². The molecule has 1 aliphatic rings. The molecule has 0 aromatic carbocycles. The Morgan fingerprint density at radius 2 is 1.65 bits per heavy atom. The zero-order valence-electron chi connectivity index (χ0n) is 12.5. The fourth-order valence-electron chi connectivity index (χ4n) is 2.80. The normalized spacial score (nSPS) is 21.7. The lowest BCUT2D eigenvalue weighted by molar-refractivity contribution is -0.183. The Morgan fingerprint density at radius 3 is 2.13 bits per heavy atom. The minimum atomic E-state index is -4.20. The van der Waals surface area contributed by atoms with Crippen LogP contribution in [0.4, 0.5) is 13.2 Å². The van der Waals surface area contributed by atoms with Crippen molar-refractivity contribution in [2.45, 2.75) is 37.9 Å². The van der Waals surface area contributed by atoms with E-state index in [1.807, 2.05) is 0 Å². The van der Waals surface area contributed by atoms with Crippen LogP contribution in [0.5, 0.6) is 0 Å². The lowest BCUT2D eigenvalue weighted by atomic mass is 9.85. The quantitative estimate of drug-likeness (QED) is 0.914. The van der Waals surface area contributed by atoms with Crippen LogP contribution in [0.2, 0.25) is 0 Å². The molecule has 1 heterocycles. The van der Waals surface area contributed by atoms with Gasteiger partial charge in [-0.3, -0.25) is 9.59 Å². The van der Waals surface area contributed by atoms with Crippen molar-refractivity contribution >= 4 is 11.8 Å². The maximum Gasteiger partial charge on any atom is 0.391 e. The third kappa shape index (κ3) is 3.77. The molecule has 0 bridgehead atoms. The number of rotatable bonds is 3. The van der Waals surface area contributed by atoms with Gasteiger partial charge in [-0.25, -0.2) is 9.97 Å². The zero-order valence-corrected chi connectivity index (χ0v) is 12.5. The molecule has 0 aliphatic heterocycles. The standard InChI is InChI=1S/C14H17F3N4O2/c1-21(9-4-2-8(3-5-9)14(15,16)17)13(23)11-10(12(18)22)19-6-7-20-11/h6-9H,2-5H2,1H3,(H2,18,22). The minimum absolute atomic E-state index is 0.0189. The second-order valence-corrected chi connectivity index (χ2v) is 5.58. The number of primary amides is 1.